The van der Waals surface area contributed by atoms with Crippen molar-refractivity contribution in [2.24, 2.45) is 0 Å². The van der Waals surface area contributed by atoms with E-state index in [-0.39, 0.29) is 5.82 Å². The number of hydrogen-bond donors (Lipinski definition) is 1. The Kier molecular flexibility index (Phi) is 3.79. The Morgan fingerprint density at radius 2 is 1.71 bits per heavy atom. The summed E-state index contributed by atoms with van der Waals surface area (Å²) in [7, 11) is 0. The van der Waals surface area contributed by atoms with Crippen molar-refractivity contribution >= 4 is 26.7 Å². The maximum Gasteiger partial charge on any atom is 0.131 e. The van der Waals surface area contributed by atoms with Gasteiger partial charge < -0.3 is 5.11 Å². The van der Waals surface area contributed by atoms with Crippen molar-refractivity contribution in [3.05, 3.63) is 81.6 Å². The quantitative estimate of drug-likeness (QED) is 0.683. The van der Waals surface area contributed by atoms with E-state index in [1.807, 2.05) is 37.3 Å². The second-order valence-corrected chi connectivity index (χ2v) is 6.06. The van der Waals surface area contributed by atoms with Gasteiger partial charge >= 0.3 is 0 Å². The van der Waals surface area contributed by atoms with Crippen molar-refractivity contribution in [3.63, 3.8) is 0 Å². The van der Waals surface area contributed by atoms with Crippen molar-refractivity contribution in [1.82, 2.24) is 0 Å². The van der Waals surface area contributed by atoms with Crippen LogP contribution in [0.2, 0.25) is 0 Å². The molecule has 0 amide bonds. The molecule has 1 unspecified atom stereocenters. The van der Waals surface area contributed by atoms with Gasteiger partial charge in [0, 0.05) is 9.86 Å². The number of halogens is 2. The Balaban J connectivity index is 2.18. The Labute approximate surface area is 131 Å². The number of fused-ring (bicyclic) bond motifs is 1. The lowest BCUT2D eigenvalue weighted by molar-refractivity contribution is 0.221. The lowest BCUT2D eigenvalue weighted by Gasteiger charge is -2.15. The summed E-state index contributed by atoms with van der Waals surface area (Å²) in [6.45, 7) is 1.98. The van der Waals surface area contributed by atoms with E-state index in [1.54, 1.807) is 18.2 Å². The second kappa shape index (κ2) is 5.58. The highest BCUT2D eigenvalue weighted by molar-refractivity contribution is 9.10. The van der Waals surface area contributed by atoms with Crippen molar-refractivity contribution in [2.45, 2.75) is 13.0 Å². The maximum atomic E-state index is 13.9. The first-order chi connectivity index (χ1) is 10.1. The van der Waals surface area contributed by atoms with Crippen LogP contribution >= 0.6 is 15.9 Å². The van der Waals surface area contributed by atoms with Gasteiger partial charge in [-0.2, -0.15) is 0 Å². The molecule has 0 saturated heterocycles. The summed E-state index contributed by atoms with van der Waals surface area (Å²) >= 11 is 3.44. The molecule has 0 heterocycles. The molecule has 21 heavy (non-hydrogen) atoms. The van der Waals surface area contributed by atoms with Gasteiger partial charge in [0.05, 0.1) is 0 Å². The Morgan fingerprint density at radius 3 is 2.43 bits per heavy atom. The van der Waals surface area contributed by atoms with Gasteiger partial charge in [-0.15, -0.1) is 0 Å². The molecule has 1 nitrogen and oxygen atoms in total. The molecule has 3 rings (SSSR count). The van der Waals surface area contributed by atoms with Gasteiger partial charge in [0.25, 0.3) is 0 Å². The van der Waals surface area contributed by atoms with Crippen LogP contribution in [-0.2, 0) is 0 Å². The summed E-state index contributed by atoms with van der Waals surface area (Å²) in [6, 6.07) is 16.1. The summed E-state index contributed by atoms with van der Waals surface area (Å²) in [4.78, 5) is 0. The molecule has 0 saturated carbocycles. The van der Waals surface area contributed by atoms with Crippen LogP contribution in [0.3, 0.4) is 0 Å². The zero-order valence-electron chi connectivity index (χ0n) is 11.5. The standard InChI is InChI=1S/C18H14BrFO/c1-11-8-12(10-13(19)9-11)18(21)16-6-7-17(20)15-5-3-2-4-14(15)16/h2-10,18,21H,1H3. The van der Waals surface area contributed by atoms with E-state index in [9.17, 15) is 9.50 Å². The van der Waals surface area contributed by atoms with Crippen molar-refractivity contribution in [1.29, 1.82) is 0 Å². The molecule has 3 aromatic rings. The molecule has 0 aromatic heterocycles. The predicted octanol–water partition coefficient (Wildman–Crippen LogP) is 5.13. The molecule has 106 valence electrons. The molecule has 0 spiro atoms. The molecule has 3 heteroatoms. The summed E-state index contributed by atoms with van der Waals surface area (Å²) < 4.78 is 14.8. The van der Waals surface area contributed by atoms with Crippen molar-refractivity contribution in [2.75, 3.05) is 0 Å². The fourth-order valence-corrected chi connectivity index (χ4v) is 3.25. The van der Waals surface area contributed by atoms with Gasteiger partial charge in [0.1, 0.15) is 11.9 Å². The van der Waals surface area contributed by atoms with Crippen LogP contribution in [0.5, 0.6) is 0 Å². The van der Waals surface area contributed by atoms with Gasteiger partial charge in [-0.3, -0.25) is 0 Å². The summed E-state index contributed by atoms with van der Waals surface area (Å²) in [6.07, 6.45) is -0.785. The lowest BCUT2D eigenvalue weighted by atomic mass is 9.95. The van der Waals surface area contributed by atoms with Crippen LogP contribution in [0.25, 0.3) is 10.8 Å². The van der Waals surface area contributed by atoms with Crippen LogP contribution in [0, 0.1) is 12.7 Å². The topological polar surface area (TPSA) is 20.2 Å². The van der Waals surface area contributed by atoms with E-state index in [2.05, 4.69) is 15.9 Å². The minimum Gasteiger partial charge on any atom is -0.384 e. The molecule has 0 aliphatic rings. The molecule has 0 bridgehead atoms. The van der Waals surface area contributed by atoms with E-state index in [4.69, 9.17) is 0 Å². The van der Waals surface area contributed by atoms with E-state index < -0.39 is 6.10 Å². The van der Waals surface area contributed by atoms with Gasteiger partial charge in [-0.05, 0) is 47.2 Å². The molecule has 0 fully saturated rings. The zero-order chi connectivity index (χ0) is 15.0. The summed E-state index contributed by atoms with van der Waals surface area (Å²) in [5.41, 5.74) is 2.56. The largest absolute Gasteiger partial charge is 0.384 e. The first kappa shape index (κ1) is 14.2. The zero-order valence-corrected chi connectivity index (χ0v) is 13.1. The summed E-state index contributed by atoms with van der Waals surface area (Å²) in [5, 5.41) is 12.0. The fraction of sp³-hybridized carbons (Fsp3) is 0.111. The third-order valence-electron chi connectivity index (χ3n) is 3.58. The van der Waals surface area contributed by atoms with E-state index >= 15 is 0 Å². The Bertz CT molecular complexity index is 793. The molecular formula is C18H14BrFO. The highest BCUT2D eigenvalue weighted by Gasteiger charge is 2.15. The lowest BCUT2D eigenvalue weighted by Crippen LogP contribution is -2.02. The molecule has 0 aliphatic heterocycles. The van der Waals surface area contributed by atoms with Crippen molar-refractivity contribution < 1.29 is 9.50 Å². The minimum absolute atomic E-state index is 0.271. The maximum absolute atomic E-state index is 13.9. The number of hydrogen-bond acceptors (Lipinski definition) is 1. The highest BCUT2D eigenvalue weighted by Crippen LogP contribution is 2.31. The smallest absolute Gasteiger partial charge is 0.131 e. The van der Waals surface area contributed by atoms with Gasteiger partial charge in [-0.25, -0.2) is 4.39 Å². The van der Waals surface area contributed by atoms with Crippen LogP contribution in [-0.4, -0.2) is 5.11 Å². The van der Waals surface area contributed by atoms with Crippen LogP contribution < -0.4 is 0 Å². The molecular weight excluding hydrogens is 331 g/mol. The van der Waals surface area contributed by atoms with Gasteiger partial charge in [0.2, 0.25) is 0 Å². The molecule has 0 aliphatic carbocycles. The number of rotatable bonds is 2. The van der Waals surface area contributed by atoms with Gasteiger partial charge in [0.15, 0.2) is 0 Å². The first-order valence-corrected chi connectivity index (χ1v) is 7.48. The highest BCUT2D eigenvalue weighted by atomic mass is 79.9. The van der Waals surface area contributed by atoms with E-state index in [0.29, 0.717) is 10.9 Å². The number of aliphatic hydroxyl groups is 1. The first-order valence-electron chi connectivity index (χ1n) is 6.68. The van der Waals surface area contributed by atoms with E-state index in [0.717, 1.165) is 21.0 Å². The number of aryl methyl sites for hydroxylation is 1. The van der Waals surface area contributed by atoms with Crippen LogP contribution in [0.4, 0.5) is 4.39 Å². The van der Waals surface area contributed by atoms with Gasteiger partial charge in [-0.1, -0.05) is 52.3 Å². The molecule has 1 atom stereocenters. The van der Waals surface area contributed by atoms with Crippen LogP contribution in [0.15, 0.2) is 59.1 Å². The normalized spacial score (nSPS) is 12.6. The average molecular weight is 345 g/mol. The Morgan fingerprint density at radius 1 is 1.00 bits per heavy atom. The second-order valence-electron chi connectivity index (χ2n) is 5.15. The van der Waals surface area contributed by atoms with E-state index in [1.165, 1.54) is 6.07 Å². The molecule has 1 N–H and O–H groups in total. The minimum atomic E-state index is -0.785. The number of aliphatic hydroxyl groups excluding tert-OH is 1. The van der Waals surface area contributed by atoms with Crippen molar-refractivity contribution in [3.8, 4) is 0 Å². The van der Waals surface area contributed by atoms with Crippen LogP contribution in [0.1, 0.15) is 22.8 Å². The number of benzene rings is 3. The third-order valence-corrected chi connectivity index (χ3v) is 4.04. The average Bonchev–Trinajstić information content (AvgIpc) is 2.46. The third kappa shape index (κ3) is 2.71. The molecule has 3 aromatic carbocycles. The fourth-order valence-electron chi connectivity index (χ4n) is 2.63. The predicted molar refractivity (Wildman–Crippen MR) is 86.8 cm³/mol. The SMILES string of the molecule is Cc1cc(Br)cc(C(O)c2ccc(F)c3ccccc23)c1. The monoisotopic (exact) mass is 344 g/mol. The Hall–Kier alpha value is -1.71. The summed E-state index contributed by atoms with van der Waals surface area (Å²) in [5.74, 6) is -0.271. The molecule has 0 radical (unpaired) electrons.